The Kier molecular flexibility index (Phi) is 3.41. The van der Waals surface area contributed by atoms with Crippen LogP contribution >= 0.6 is 11.6 Å². The fourth-order valence-corrected chi connectivity index (χ4v) is 2.91. The summed E-state index contributed by atoms with van der Waals surface area (Å²) in [5.41, 5.74) is 0.869. The first-order valence-corrected chi connectivity index (χ1v) is 6.59. The zero-order valence-electron chi connectivity index (χ0n) is 9.42. The lowest BCUT2D eigenvalue weighted by Crippen LogP contribution is -2.14. The van der Waals surface area contributed by atoms with Crippen molar-refractivity contribution >= 4 is 28.0 Å². The third-order valence-electron chi connectivity index (χ3n) is 2.51. The third kappa shape index (κ3) is 2.13. The number of hydrogen-bond acceptors (Lipinski definition) is 4. The van der Waals surface area contributed by atoms with Crippen LogP contribution in [-0.2, 0) is 10.8 Å². The van der Waals surface area contributed by atoms with Gasteiger partial charge in [0.05, 0.1) is 11.0 Å². The predicted octanol–water partition coefficient (Wildman–Crippen LogP) is 2.58. The van der Waals surface area contributed by atoms with E-state index in [4.69, 9.17) is 11.6 Å². The number of aliphatic hydroxyl groups is 1. The number of hydrogen-bond donors (Lipinski definition) is 1. The van der Waals surface area contributed by atoms with E-state index in [1.165, 1.54) is 10.3 Å². The molecule has 0 saturated carbocycles. The first kappa shape index (κ1) is 12.7. The van der Waals surface area contributed by atoms with E-state index < -0.39 is 10.8 Å². The number of nitrogens with zero attached hydrogens (tertiary/aromatic N) is 2. The molecule has 0 spiro atoms. The topological polar surface area (TPSA) is 64.3 Å². The molecule has 1 N–H and O–H groups in total. The van der Waals surface area contributed by atoms with Gasteiger partial charge in [0.15, 0.2) is 0 Å². The Balaban J connectivity index is 2.56. The monoisotopic (exact) mass is 280 g/mol. The van der Waals surface area contributed by atoms with E-state index in [1.807, 2.05) is 6.07 Å². The maximum atomic E-state index is 11.8. The summed E-state index contributed by atoms with van der Waals surface area (Å²) >= 11 is 5.78. The molecule has 1 aromatic rings. The lowest BCUT2D eigenvalue weighted by atomic mass is 10.1. The summed E-state index contributed by atoms with van der Waals surface area (Å²) in [6.07, 6.45) is 0. The summed E-state index contributed by atoms with van der Waals surface area (Å²) in [5, 5.41) is 20.8. The molecule has 0 bridgehead atoms. The molecule has 4 nitrogen and oxygen atoms in total. The summed E-state index contributed by atoms with van der Waals surface area (Å²) in [4.78, 5) is 1.34. The molecule has 1 heterocycles. The molecule has 0 fully saturated rings. The number of rotatable bonds is 1. The number of allylic oxidation sites excluding steroid dienone is 1. The molecule has 1 atom stereocenters. The van der Waals surface area contributed by atoms with E-state index in [0.29, 0.717) is 10.6 Å². The zero-order chi connectivity index (χ0) is 13.3. The van der Waals surface area contributed by atoms with E-state index >= 15 is 0 Å². The summed E-state index contributed by atoms with van der Waals surface area (Å²) in [5.74, 6) is -0.120. The molecule has 92 valence electrons. The second kappa shape index (κ2) is 4.84. The normalized spacial score (nSPS) is 21.5. The first-order chi connectivity index (χ1) is 8.54. The quantitative estimate of drug-likeness (QED) is 0.803. The predicted molar refractivity (Wildman–Crippen MR) is 70.6 cm³/mol. The van der Waals surface area contributed by atoms with E-state index in [0.717, 1.165) is 0 Å². The molecule has 1 aliphatic rings. The molecule has 18 heavy (non-hydrogen) atoms. The molecular formula is C12H9ClN2O2S. The fraction of sp³-hybridized carbons (Fsp3) is 0.0833. The minimum absolute atomic E-state index is 0.120. The molecule has 1 unspecified atom stereocenters. The second-order valence-electron chi connectivity index (χ2n) is 3.63. The van der Waals surface area contributed by atoms with Crippen molar-refractivity contribution in [2.45, 2.75) is 0 Å². The van der Waals surface area contributed by atoms with Crippen molar-refractivity contribution in [3.8, 4) is 6.07 Å². The van der Waals surface area contributed by atoms with E-state index in [-0.39, 0.29) is 16.5 Å². The van der Waals surface area contributed by atoms with Crippen LogP contribution in [0.15, 0.2) is 40.6 Å². The summed E-state index contributed by atoms with van der Waals surface area (Å²) in [7, 11) is 0.0363. The molecule has 0 saturated heterocycles. The average Bonchev–Trinajstić information content (AvgIpc) is 2.59. The average molecular weight is 281 g/mol. The van der Waals surface area contributed by atoms with Crippen molar-refractivity contribution in [2.24, 2.45) is 0 Å². The van der Waals surface area contributed by atoms with Crippen LogP contribution in [0, 0.1) is 11.3 Å². The van der Waals surface area contributed by atoms with Crippen LogP contribution in [0.25, 0.3) is 5.57 Å². The lowest BCUT2D eigenvalue weighted by Gasteiger charge is -2.14. The van der Waals surface area contributed by atoms with Gasteiger partial charge in [-0.15, -0.1) is 0 Å². The molecular weight excluding hydrogens is 272 g/mol. The Labute approximate surface area is 112 Å². The van der Waals surface area contributed by atoms with E-state index in [1.54, 1.807) is 31.3 Å². The maximum Gasteiger partial charge on any atom is 0.201 e. The zero-order valence-corrected chi connectivity index (χ0v) is 11.0. The third-order valence-corrected chi connectivity index (χ3v) is 4.05. The largest absolute Gasteiger partial charge is 0.494 e. The highest BCUT2D eigenvalue weighted by Gasteiger charge is 2.27. The lowest BCUT2D eigenvalue weighted by molar-refractivity contribution is 0.285. The summed E-state index contributed by atoms with van der Waals surface area (Å²) in [6.45, 7) is 0. The van der Waals surface area contributed by atoms with Gasteiger partial charge in [0, 0.05) is 12.1 Å². The highest BCUT2D eigenvalue weighted by Crippen LogP contribution is 2.30. The molecule has 2 rings (SSSR count). The molecule has 0 radical (unpaired) electrons. The minimum Gasteiger partial charge on any atom is -0.494 e. The van der Waals surface area contributed by atoms with Crippen molar-refractivity contribution in [1.82, 2.24) is 4.90 Å². The van der Waals surface area contributed by atoms with Gasteiger partial charge >= 0.3 is 0 Å². The molecule has 1 aliphatic heterocycles. The number of benzene rings is 1. The highest BCUT2D eigenvalue weighted by atomic mass is 35.5. The van der Waals surface area contributed by atoms with Crippen molar-refractivity contribution in [2.75, 3.05) is 7.05 Å². The van der Waals surface area contributed by atoms with Crippen molar-refractivity contribution < 1.29 is 9.32 Å². The van der Waals surface area contributed by atoms with Gasteiger partial charge in [-0.2, -0.15) is 5.26 Å². The molecule has 6 heteroatoms. The maximum absolute atomic E-state index is 11.8. The minimum atomic E-state index is -1.52. The fourth-order valence-electron chi connectivity index (χ4n) is 1.59. The van der Waals surface area contributed by atoms with Gasteiger partial charge in [0.1, 0.15) is 21.9 Å². The molecule has 0 amide bonds. The van der Waals surface area contributed by atoms with Gasteiger partial charge in [-0.05, 0) is 17.7 Å². The Morgan fingerprint density at radius 3 is 2.50 bits per heavy atom. The Hall–Kier alpha value is -1.77. The van der Waals surface area contributed by atoms with Gasteiger partial charge in [-0.25, -0.2) is 4.21 Å². The van der Waals surface area contributed by atoms with Crippen LogP contribution in [0.4, 0.5) is 0 Å². The Morgan fingerprint density at radius 1 is 1.44 bits per heavy atom. The van der Waals surface area contributed by atoms with Crippen molar-refractivity contribution in [1.29, 1.82) is 5.26 Å². The first-order valence-electron chi connectivity index (χ1n) is 5.00. The molecule has 1 aromatic carbocycles. The second-order valence-corrected chi connectivity index (χ2v) is 5.28. The smallest absolute Gasteiger partial charge is 0.201 e. The standard InChI is InChI=1S/C12H9ClN2O2S/c1-15-11(16)7-18(17)12(15)10(6-14)8-2-4-9(13)5-3-8/h2-5,7,16H,1H3/b12-10-. The number of nitriles is 1. The SMILES string of the molecule is CN1C(O)=CS(=O)/C1=C(/C#N)c1ccc(Cl)cc1. The van der Waals surface area contributed by atoms with E-state index in [9.17, 15) is 14.6 Å². The van der Waals surface area contributed by atoms with E-state index in [2.05, 4.69) is 0 Å². The Bertz CT molecular complexity index is 614. The summed E-state index contributed by atoms with van der Waals surface area (Å²) < 4.78 is 11.8. The van der Waals surface area contributed by atoms with Crippen molar-refractivity contribution in [3.63, 3.8) is 0 Å². The number of halogens is 1. The van der Waals surface area contributed by atoms with Crippen LogP contribution in [-0.4, -0.2) is 21.3 Å². The van der Waals surface area contributed by atoms with Gasteiger partial charge in [-0.3, -0.25) is 0 Å². The molecule has 0 aromatic heterocycles. The van der Waals surface area contributed by atoms with Gasteiger partial charge in [0.2, 0.25) is 5.88 Å². The highest BCUT2D eigenvalue weighted by molar-refractivity contribution is 7.92. The molecule has 0 aliphatic carbocycles. The Morgan fingerprint density at radius 2 is 2.06 bits per heavy atom. The van der Waals surface area contributed by atoms with Gasteiger partial charge in [-0.1, -0.05) is 23.7 Å². The number of aliphatic hydroxyl groups excluding tert-OH is 1. The van der Waals surface area contributed by atoms with Crippen LogP contribution in [0.2, 0.25) is 5.02 Å². The van der Waals surface area contributed by atoms with Crippen LogP contribution in [0.1, 0.15) is 5.56 Å². The van der Waals surface area contributed by atoms with Crippen LogP contribution in [0.3, 0.4) is 0 Å². The van der Waals surface area contributed by atoms with Crippen LogP contribution < -0.4 is 0 Å². The van der Waals surface area contributed by atoms with Crippen molar-refractivity contribution in [3.05, 3.63) is 51.2 Å². The van der Waals surface area contributed by atoms with Gasteiger partial charge < -0.3 is 10.0 Å². The van der Waals surface area contributed by atoms with Crippen LogP contribution in [0.5, 0.6) is 0 Å². The van der Waals surface area contributed by atoms with Gasteiger partial charge in [0.25, 0.3) is 0 Å². The summed E-state index contributed by atoms with van der Waals surface area (Å²) in [6, 6.07) is 8.67.